The van der Waals surface area contributed by atoms with Crippen LogP contribution in [0.5, 0.6) is 0 Å². The second-order valence-electron chi connectivity index (χ2n) is 5.93. The number of rotatable bonds is 1. The Bertz CT molecular complexity index is 265. The van der Waals surface area contributed by atoms with Gasteiger partial charge in [0.15, 0.2) is 0 Å². The smallest absolute Gasteiger partial charge is 0.0577 e. The van der Waals surface area contributed by atoms with E-state index in [2.05, 4.69) is 6.92 Å². The Kier molecular flexibility index (Phi) is 1.66. The molecule has 3 aliphatic carbocycles. The zero-order chi connectivity index (χ0) is 9.97. The molecule has 0 aromatic heterocycles. The van der Waals surface area contributed by atoms with Crippen molar-refractivity contribution in [3.05, 3.63) is 0 Å². The van der Waals surface area contributed by atoms with E-state index >= 15 is 0 Å². The van der Waals surface area contributed by atoms with Gasteiger partial charge in [-0.3, -0.25) is 0 Å². The maximum absolute atomic E-state index is 9.97. The van der Waals surface area contributed by atoms with E-state index in [9.17, 15) is 10.2 Å². The van der Waals surface area contributed by atoms with Crippen LogP contribution >= 0.6 is 0 Å². The molecule has 0 spiro atoms. The molecular formula is C12H20O2. The van der Waals surface area contributed by atoms with Gasteiger partial charge in [0.25, 0.3) is 0 Å². The Morgan fingerprint density at radius 1 is 1.29 bits per heavy atom. The summed E-state index contributed by atoms with van der Waals surface area (Å²) < 4.78 is 0. The summed E-state index contributed by atoms with van der Waals surface area (Å²) in [7, 11) is 0. The minimum absolute atomic E-state index is 0.0787. The van der Waals surface area contributed by atoms with Crippen LogP contribution in [0.3, 0.4) is 0 Å². The fourth-order valence-corrected chi connectivity index (χ4v) is 5.03. The van der Waals surface area contributed by atoms with Crippen LogP contribution in [0.1, 0.15) is 39.0 Å². The summed E-state index contributed by atoms with van der Waals surface area (Å²) in [5.41, 5.74) is 0.418. The van der Waals surface area contributed by atoms with E-state index in [1.165, 1.54) is 12.8 Å². The van der Waals surface area contributed by atoms with Gasteiger partial charge >= 0.3 is 0 Å². The molecule has 0 radical (unpaired) electrons. The van der Waals surface area contributed by atoms with Crippen molar-refractivity contribution in [1.29, 1.82) is 0 Å². The molecule has 3 rings (SSSR count). The summed E-state index contributed by atoms with van der Waals surface area (Å²) in [5, 5.41) is 19.7. The van der Waals surface area contributed by atoms with Gasteiger partial charge in [-0.1, -0.05) is 13.3 Å². The predicted octanol–water partition coefficient (Wildman–Crippen LogP) is 1.56. The standard InChI is InChI=1S/C12H20O2/c1-11-3-2-4-12(11,7-13)9-5-8(11)6-10(9)14/h8-10,13-14H,2-7H2,1H3. The number of hydrogen-bond donors (Lipinski definition) is 2. The first kappa shape index (κ1) is 9.17. The van der Waals surface area contributed by atoms with E-state index in [-0.39, 0.29) is 11.5 Å². The van der Waals surface area contributed by atoms with Crippen LogP contribution in [0, 0.1) is 22.7 Å². The van der Waals surface area contributed by atoms with E-state index < -0.39 is 0 Å². The van der Waals surface area contributed by atoms with Gasteiger partial charge in [-0.05, 0) is 42.9 Å². The topological polar surface area (TPSA) is 40.5 Å². The van der Waals surface area contributed by atoms with E-state index in [0.29, 0.717) is 23.9 Å². The Labute approximate surface area is 85.3 Å². The van der Waals surface area contributed by atoms with Gasteiger partial charge in [0.05, 0.1) is 6.10 Å². The molecule has 3 fully saturated rings. The molecule has 0 aromatic carbocycles. The lowest BCUT2D eigenvalue weighted by atomic mass is 9.58. The van der Waals surface area contributed by atoms with Crippen LogP contribution in [-0.2, 0) is 0 Å². The number of fused-ring (bicyclic) bond motifs is 5. The van der Waals surface area contributed by atoms with Crippen molar-refractivity contribution in [3.63, 3.8) is 0 Å². The molecular weight excluding hydrogens is 176 g/mol. The van der Waals surface area contributed by atoms with Crippen molar-refractivity contribution in [3.8, 4) is 0 Å². The minimum Gasteiger partial charge on any atom is -0.396 e. The lowest BCUT2D eigenvalue weighted by Crippen LogP contribution is -2.48. The Hall–Kier alpha value is -0.0800. The largest absolute Gasteiger partial charge is 0.396 e. The lowest BCUT2D eigenvalue weighted by Gasteiger charge is -2.48. The fourth-order valence-electron chi connectivity index (χ4n) is 5.03. The molecule has 0 aliphatic heterocycles. The lowest BCUT2D eigenvalue weighted by molar-refractivity contribution is -0.0805. The fraction of sp³-hybridized carbons (Fsp3) is 1.00. The molecule has 3 aliphatic rings. The van der Waals surface area contributed by atoms with Gasteiger partial charge in [-0.25, -0.2) is 0 Å². The molecule has 0 aromatic rings. The monoisotopic (exact) mass is 196 g/mol. The van der Waals surface area contributed by atoms with Crippen molar-refractivity contribution in [2.75, 3.05) is 6.61 Å². The third-order valence-electron chi connectivity index (χ3n) is 5.88. The molecule has 0 amide bonds. The zero-order valence-electron chi connectivity index (χ0n) is 8.87. The summed E-state index contributed by atoms with van der Waals surface area (Å²) in [5.74, 6) is 1.07. The van der Waals surface area contributed by atoms with Crippen LogP contribution in [0.4, 0.5) is 0 Å². The third kappa shape index (κ3) is 0.737. The van der Waals surface area contributed by atoms with E-state index in [1.807, 2.05) is 0 Å². The normalized spacial score (nSPS) is 60.6. The molecule has 0 saturated heterocycles. The van der Waals surface area contributed by atoms with Crippen molar-refractivity contribution in [2.24, 2.45) is 22.7 Å². The van der Waals surface area contributed by atoms with Gasteiger partial charge in [0, 0.05) is 12.0 Å². The number of aliphatic hydroxyl groups is 2. The predicted molar refractivity (Wildman–Crippen MR) is 53.7 cm³/mol. The summed E-state index contributed by atoms with van der Waals surface area (Å²) >= 11 is 0. The van der Waals surface area contributed by atoms with Crippen LogP contribution < -0.4 is 0 Å². The summed E-state index contributed by atoms with van der Waals surface area (Å²) in [6, 6.07) is 0. The third-order valence-corrected chi connectivity index (χ3v) is 5.88. The Morgan fingerprint density at radius 3 is 2.79 bits per heavy atom. The van der Waals surface area contributed by atoms with Crippen LogP contribution in [0.15, 0.2) is 0 Å². The number of aliphatic hydroxyl groups excluding tert-OH is 2. The van der Waals surface area contributed by atoms with Crippen molar-refractivity contribution < 1.29 is 10.2 Å². The SMILES string of the molecule is CC12CCCC1(CO)C1CC2CC1O. The molecule has 0 heterocycles. The van der Waals surface area contributed by atoms with Crippen molar-refractivity contribution >= 4 is 0 Å². The molecule has 5 atom stereocenters. The van der Waals surface area contributed by atoms with Crippen LogP contribution in [0.25, 0.3) is 0 Å². The van der Waals surface area contributed by atoms with Crippen molar-refractivity contribution in [1.82, 2.24) is 0 Å². The first-order valence-electron chi connectivity index (χ1n) is 5.93. The highest BCUT2D eigenvalue weighted by molar-refractivity contribution is 5.17. The highest BCUT2D eigenvalue weighted by atomic mass is 16.3. The van der Waals surface area contributed by atoms with Gasteiger partial charge in [-0.2, -0.15) is 0 Å². The minimum atomic E-state index is -0.127. The summed E-state index contributed by atoms with van der Waals surface area (Å²) in [6.45, 7) is 2.65. The van der Waals surface area contributed by atoms with E-state index in [0.717, 1.165) is 19.3 Å². The Balaban J connectivity index is 2.06. The van der Waals surface area contributed by atoms with Gasteiger partial charge < -0.3 is 10.2 Å². The summed E-state index contributed by atoms with van der Waals surface area (Å²) in [6.07, 6.45) is 5.68. The highest BCUT2D eigenvalue weighted by Gasteiger charge is 2.68. The first-order chi connectivity index (χ1) is 6.64. The second-order valence-corrected chi connectivity index (χ2v) is 5.93. The molecule has 14 heavy (non-hydrogen) atoms. The number of hydrogen-bond acceptors (Lipinski definition) is 2. The zero-order valence-corrected chi connectivity index (χ0v) is 8.87. The van der Waals surface area contributed by atoms with E-state index in [1.54, 1.807) is 0 Å². The maximum atomic E-state index is 9.97. The molecule has 2 N–H and O–H groups in total. The first-order valence-corrected chi connectivity index (χ1v) is 5.93. The van der Waals surface area contributed by atoms with Gasteiger partial charge in [-0.15, -0.1) is 0 Å². The second kappa shape index (κ2) is 2.53. The van der Waals surface area contributed by atoms with Gasteiger partial charge in [0.1, 0.15) is 0 Å². The molecule has 3 saturated carbocycles. The van der Waals surface area contributed by atoms with Crippen molar-refractivity contribution in [2.45, 2.75) is 45.1 Å². The molecule has 5 unspecified atom stereocenters. The van der Waals surface area contributed by atoms with E-state index in [4.69, 9.17) is 0 Å². The van der Waals surface area contributed by atoms with Gasteiger partial charge in [0.2, 0.25) is 0 Å². The highest BCUT2D eigenvalue weighted by Crippen LogP contribution is 2.72. The van der Waals surface area contributed by atoms with Crippen LogP contribution in [0.2, 0.25) is 0 Å². The summed E-state index contributed by atoms with van der Waals surface area (Å²) in [4.78, 5) is 0. The maximum Gasteiger partial charge on any atom is 0.0577 e. The quantitative estimate of drug-likeness (QED) is 0.668. The molecule has 2 nitrogen and oxygen atoms in total. The molecule has 80 valence electrons. The average molecular weight is 196 g/mol. The Morgan fingerprint density at radius 2 is 2.07 bits per heavy atom. The average Bonchev–Trinajstić information content (AvgIpc) is 2.73. The van der Waals surface area contributed by atoms with Crippen LogP contribution in [-0.4, -0.2) is 22.9 Å². The molecule has 2 bridgehead atoms. The molecule has 2 heteroatoms.